The molecule has 1 heterocycles. The van der Waals surface area contributed by atoms with Crippen molar-refractivity contribution in [2.24, 2.45) is 0 Å². The summed E-state index contributed by atoms with van der Waals surface area (Å²) in [7, 11) is -0.999. The normalized spacial score (nSPS) is 13.3. The molecule has 0 radical (unpaired) electrons. The van der Waals surface area contributed by atoms with Gasteiger partial charge in [0.25, 0.3) is 0 Å². The number of benzene rings is 2. The number of anilines is 1. The Bertz CT molecular complexity index is 751. The van der Waals surface area contributed by atoms with Gasteiger partial charge in [-0.2, -0.15) is 0 Å². The molecule has 0 aliphatic rings. The minimum absolute atomic E-state index is 0.0575. The van der Waals surface area contributed by atoms with Gasteiger partial charge in [-0.15, -0.1) is 0 Å². The van der Waals surface area contributed by atoms with Gasteiger partial charge in [0.05, 0.1) is 11.7 Å². The van der Waals surface area contributed by atoms with Gasteiger partial charge in [-0.1, -0.05) is 42.5 Å². The fraction of sp³-hybridized carbons (Fsp3) is 0.105. The van der Waals surface area contributed by atoms with E-state index in [0.29, 0.717) is 0 Å². The highest BCUT2D eigenvalue weighted by molar-refractivity contribution is 7.84. The standard InChI is InChI=1S/C19H18N2OS/c1-23(22)17-11-7-10-16(14-17)21-19(15-8-3-2-4-9-15)18-12-5-6-13-20-18/h2-14,19,21H,1H3/t19-,23-/m0/s1. The van der Waals surface area contributed by atoms with E-state index in [2.05, 4.69) is 22.4 Å². The van der Waals surface area contributed by atoms with Crippen molar-refractivity contribution in [1.29, 1.82) is 0 Å². The summed E-state index contributed by atoms with van der Waals surface area (Å²) in [4.78, 5) is 5.29. The van der Waals surface area contributed by atoms with E-state index in [1.165, 1.54) is 0 Å². The van der Waals surface area contributed by atoms with Crippen molar-refractivity contribution < 1.29 is 4.21 Å². The molecule has 0 fully saturated rings. The zero-order valence-corrected chi connectivity index (χ0v) is 13.7. The van der Waals surface area contributed by atoms with E-state index in [1.807, 2.05) is 60.7 Å². The van der Waals surface area contributed by atoms with Crippen LogP contribution < -0.4 is 5.32 Å². The summed E-state index contributed by atoms with van der Waals surface area (Å²) in [6.45, 7) is 0. The van der Waals surface area contributed by atoms with Crippen LogP contribution in [-0.4, -0.2) is 15.4 Å². The lowest BCUT2D eigenvalue weighted by Gasteiger charge is -2.20. The molecule has 0 saturated heterocycles. The van der Waals surface area contributed by atoms with E-state index < -0.39 is 10.8 Å². The summed E-state index contributed by atoms with van der Waals surface area (Å²) in [5, 5.41) is 3.51. The lowest BCUT2D eigenvalue weighted by Crippen LogP contribution is -2.13. The fourth-order valence-electron chi connectivity index (χ4n) is 2.45. The molecular formula is C19H18N2OS. The maximum Gasteiger partial charge on any atom is 0.0940 e. The van der Waals surface area contributed by atoms with Crippen molar-refractivity contribution in [3.63, 3.8) is 0 Å². The molecule has 1 N–H and O–H groups in total. The van der Waals surface area contributed by atoms with Gasteiger partial charge in [0.1, 0.15) is 0 Å². The maximum atomic E-state index is 11.7. The van der Waals surface area contributed by atoms with Crippen LogP contribution in [0.1, 0.15) is 17.3 Å². The number of nitrogens with one attached hydrogen (secondary N) is 1. The van der Waals surface area contributed by atoms with Gasteiger partial charge < -0.3 is 5.32 Å². The van der Waals surface area contributed by atoms with Crippen LogP contribution >= 0.6 is 0 Å². The summed E-state index contributed by atoms with van der Waals surface area (Å²) in [6.07, 6.45) is 3.48. The van der Waals surface area contributed by atoms with Crippen LogP contribution in [0.3, 0.4) is 0 Å². The first-order valence-electron chi connectivity index (χ1n) is 7.40. The van der Waals surface area contributed by atoms with Crippen LogP contribution in [-0.2, 0) is 10.8 Å². The zero-order chi connectivity index (χ0) is 16.1. The molecule has 2 atom stereocenters. The van der Waals surface area contributed by atoms with Gasteiger partial charge in [-0.05, 0) is 35.9 Å². The third-order valence-electron chi connectivity index (χ3n) is 3.59. The van der Waals surface area contributed by atoms with Gasteiger partial charge in [-0.3, -0.25) is 9.19 Å². The van der Waals surface area contributed by atoms with Crippen molar-refractivity contribution in [1.82, 2.24) is 4.98 Å². The quantitative estimate of drug-likeness (QED) is 0.771. The fourth-order valence-corrected chi connectivity index (χ4v) is 3.01. The summed E-state index contributed by atoms with van der Waals surface area (Å²) in [5.74, 6) is 0. The molecule has 116 valence electrons. The van der Waals surface area contributed by atoms with Gasteiger partial charge >= 0.3 is 0 Å². The number of rotatable bonds is 5. The molecule has 2 aromatic carbocycles. The van der Waals surface area contributed by atoms with Crippen molar-refractivity contribution >= 4 is 16.5 Å². The Morgan fingerprint density at radius 1 is 0.957 bits per heavy atom. The Labute approximate surface area is 138 Å². The van der Waals surface area contributed by atoms with Crippen LogP contribution in [0.4, 0.5) is 5.69 Å². The number of pyridine rings is 1. The number of nitrogens with zero attached hydrogens (tertiary/aromatic N) is 1. The average Bonchev–Trinajstić information content (AvgIpc) is 2.61. The number of hydrogen-bond acceptors (Lipinski definition) is 3. The third kappa shape index (κ3) is 3.85. The van der Waals surface area contributed by atoms with Crippen molar-refractivity contribution in [2.75, 3.05) is 11.6 Å². The lowest BCUT2D eigenvalue weighted by molar-refractivity contribution is 0.687. The molecule has 0 unspecified atom stereocenters. The Morgan fingerprint density at radius 2 is 1.74 bits per heavy atom. The molecule has 0 bridgehead atoms. The highest BCUT2D eigenvalue weighted by atomic mass is 32.2. The van der Waals surface area contributed by atoms with Crippen LogP contribution in [0.5, 0.6) is 0 Å². The number of hydrogen-bond donors (Lipinski definition) is 1. The van der Waals surface area contributed by atoms with Gasteiger partial charge in [-0.25, -0.2) is 0 Å². The van der Waals surface area contributed by atoms with Crippen molar-refractivity contribution in [3.8, 4) is 0 Å². The van der Waals surface area contributed by atoms with E-state index in [0.717, 1.165) is 21.8 Å². The third-order valence-corrected chi connectivity index (χ3v) is 4.51. The van der Waals surface area contributed by atoms with Gasteiger partial charge in [0.2, 0.25) is 0 Å². The second kappa shape index (κ2) is 7.20. The average molecular weight is 322 g/mol. The zero-order valence-electron chi connectivity index (χ0n) is 12.8. The minimum atomic E-state index is -0.999. The summed E-state index contributed by atoms with van der Waals surface area (Å²) in [5.41, 5.74) is 3.01. The summed E-state index contributed by atoms with van der Waals surface area (Å²) in [6, 6.07) is 23.7. The second-order valence-electron chi connectivity index (χ2n) is 5.22. The molecule has 23 heavy (non-hydrogen) atoms. The highest BCUT2D eigenvalue weighted by Gasteiger charge is 2.15. The Hall–Kier alpha value is -2.46. The predicted octanol–water partition coefficient (Wildman–Crippen LogP) is 4.02. The molecule has 3 rings (SSSR count). The molecule has 0 amide bonds. The molecule has 4 heteroatoms. The maximum absolute atomic E-state index is 11.7. The van der Waals surface area contributed by atoms with E-state index in [-0.39, 0.29) is 6.04 Å². The molecule has 3 aromatic rings. The van der Waals surface area contributed by atoms with Crippen LogP contribution in [0, 0.1) is 0 Å². The molecule has 1 aromatic heterocycles. The second-order valence-corrected chi connectivity index (χ2v) is 6.60. The Kier molecular flexibility index (Phi) is 4.83. The van der Waals surface area contributed by atoms with E-state index >= 15 is 0 Å². The highest BCUT2D eigenvalue weighted by Crippen LogP contribution is 2.26. The minimum Gasteiger partial charge on any atom is -0.373 e. The first-order chi connectivity index (χ1) is 11.2. The molecular weight excluding hydrogens is 304 g/mol. The van der Waals surface area contributed by atoms with Crippen molar-refractivity contribution in [2.45, 2.75) is 10.9 Å². The van der Waals surface area contributed by atoms with Crippen molar-refractivity contribution in [3.05, 3.63) is 90.3 Å². The number of aromatic nitrogens is 1. The van der Waals surface area contributed by atoms with E-state index in [9.17, 15) is 4.21 Å². The summed E-state index contributed by atoms with van der Waals surface area (Å²) >= 11 is 0. The molecule has 0 saturated carbocycles. The first kappa shape index (κ1) is 15.4. The predicted molar refractivity (Wildman–Crippen MR) is 94.9 cm³/mol. The van der Waals surface area contributed by atoms with E-state index in [1.54, 1.807) is 12.5 Å². The van der Waals surface area contributed by atoms with Gasteiger partial charge in [0.15, 0.2) is 0 Å². The smallest absolute Gasteiger partial charge is 0.0940 e. The molecule has 0 spiro atoms. The monoisotopic (exact) mass is 322 g/mol. The Morgan fingerprint density at radius 3 is 2.43 bits per heavy atom. The first-order valence-corrected chi connectivity index (χ1v) is 8.96. The topological polar surface area (TPSA) is 42.0 Å². The SMILES string of the molecule is C[S@](=O)c1cccc(N[C@@H](c2ccccc2)c2ccccn2)c1. The lowest BCUT2D eigenvalue weighted by atomic mass is 10.0. The van der Waals surface area contributed by atoms with Crippen LogP contribution in [0.25, 0.3) is 0 Å². The Balaban J connectivity index is 1.97. The van der Waals surface area contributed by atoms with Crippen LogP contribution in [0.2, 0.25) is 0 Å². The molecule has 0 aliphatic carbocycles. The van der Waals surface area contributed by atoms with Crippen LogP contribution in [0.15, 0.2) is 83.9 Å². The molecule has 3 nitrogen and oxygen atoms in total. The largest absolute Gasteiger partial charge is 0.373 e. The summed E-state index contributed by atoms with van der Waals surface area (Å²) < 4.78 is 11.7. The molecule has 0 aliphatic heterocycles. The van der Waals surface area contributed by atoms with Gasteiger partial charge in [0, 0.05) is 33.8 Å². The van der Waals surface area contributed by atoms with E-state index in [4.69, 9.17) is 0 Å².